The highest BCUT2D eigenvalue weighted by atomic mass is 35.5. The van der Waals surface area contributed by atoms with E-state index in [2.05, 4.69) is 15.8 Å². The highest BCUT2D eigenvalue weighted by Gasteiger charge is 2.24. The lowest BCUT2D eigenvalue weighted by atomic mass is 10.0. The lowest BCUT2D eigenvalue weighted by molar-refractivity contribution is -0.123. The molecule has 1 atom stereocenters. The number of nitrogens with zero attached hydrogens (tertiary/aromatic N) is 1. The van der Waals surface area contributed by atoms with Crippen molar-refractivity contribution in [2.45, 2.75) is 26.8 Å². The Labute approximate surface area is 169 Å². The molecule has 0 fully saturated rings. The van der Waals surface area contributed by atoms with E-state index in [9.17, 15) is 9.59 Å². The molecule has 0 aliphatic heterocycles. The Kier molecular flexibility index (Phi) is 8.02. The number of carbonyl (C=O) groups excluding carboxylic acids is 2. The molecule has 0 aliphatic carbocycles. The van der Waals surface area contributed by atoms with Crippen LogP contribution in [0.4, 0.5) is 0 Å². The molecule has 0 bridgehead atoms. The van der Waals surface area contributed by atoms with Crippen LogP contribution in [0, 0.1) is 5.92 Å². The maximum atomic E-state index is 12.5. The molecule has 0 spiro atoms. The van der Waals surface area contributed by atoms with Crippen molar-refractivity contribution in [2.75, 3.05) is 6.61 Å². The zero-order valence-corrected chi connectivity index (χ0v) is 16.9. The monoisotopic (exact) mass is 401 g/mol. The smallest absolute Gasteiger partial charge is 0.262 e. The number of amides is 2. The van der Waals surface area contributed by atoms with Gasteiger partial charge in [0.2, 0.25) is 0 Å². The number of benzene rings is 2. The largest absolute Gasteiger partial charge is 0.493 e. The maximum absolute atomic E-state index is 12.5. The number of hydrogen-bond donors (Lipinski definition) is 2. The normalized spacial score (nSPS) is 12.0. The number of ether oxygens (including phenoxy) is 1. The predicted octanol–water partition coefficient (Wildman–Crippen LogP) is 3.64. The van der Waals surface area contributed by atoms with Gasteiger partial charge in [0.1, 0.15) is 11.8 Å². The number of hydrazone groups is 1. The van der Waals surface area contributed by atoms with Crippen LogP contribution in [-0.2, 0) is 4.79 Å². The van der Waals surface area contributed by atoms with E-state index in [0.29, 0.717) is 28.5 Å². The summed E-state index contributed by atoms with van der Waals surface area (Å²) in [6.07, 6.45) is 1.46. The molecule has 0 aliphatic rings. The van der Waals surface area contributed by atoms with Crippen LogP contribution in [0.15, 0.2) is 53.6 Å². The summed E-state index contributed by atoms with van der Waals surface area (Å²) in [5, 5.41) is 7.28. The Morgan fingerprint density at radius 2 is 1.89 bits per heavy atom. The Morgan fingerprint density at radius 1 is 1.18 bits per heavy atom. The molecule has 2 N–H and O–H groups in total. The van der Waals surface area contributed by atoms with Crippen LogP contribution in [-0.4, -0.2) is 30.7 Å². The lowest BCUT2D eigenvalue weighted by Crippen LogP contribution is -2.48. The molecule has 0 saturated heterocycles. The van der Waals surface area contributed by atoms with E-state index in [0.717, 1.165) is 0 Å². The molecule has 2 amide bonds. The minimum atomic E-state index is -0.726. The van der Waals surface area contributed by atoms with Crippen LogP contribution in [0.3, 0.4) is 0 Å². The highest BCUT2D eigenvalue weighted by molar-refractivity contribution is 6.30. The van der Waals surface area contributed by atoms with Gasteiger partial charge >= 0.3 is 0 Å². The van der Waals surface area contributed by atoms with E-state index in [1.807, 2.05) is 26.8 Å². The van der Waals surface area contributed by atoms with Crippen molar-refractivity contribution >= 4 is 29.6 Å². The first kappa shape index (κ1) is 21.4. The molecule has 0 radical (unpaired) electrons. The van der Waals surface area contributed by atoms with Gasteiger partial charge in [0.15, 0.2) is 0 Å². The summed E-state index contributed by atoms with van der Waals surface area (Å²) in [6.45, 7) is 6.07. The third kappa shape index (κ3) is 6.09. The fourth-order valence-electron chi connectivity index (χ4n) is 2.49. The molecular formula is C21H24ClN3O3. The predicted molar refractivity (Wildman–Crippen MR) is 111 cm³/mol. The second kappa shape index (κ2) is 10.5. The minimum Gasteiger partial charge on any atom is -0.493 e. The lowest BCUT2D eigenvalue weighted by Gasteiger charge is -2.20. The standard InChI is InChI=1S/C21H24ClN3O3/c1-4-28-18-11-10-17(22)12-16(18)13-23-25-21(27)19(14(2)3)24-20(26)15-8-6-5-7-9-15/h5-14,19H,4H2,1-3H3,(H,24,26)(H,25,27). The molecule has 2 aromatic carbocycles. The summed E-state index contributed by atoms with van der Waals surface area (Å²) < 4.78 is 5.52. The number of carbonyl (C=O) groups is 2. The van der Waals surface area contributed by atoms with Gasteiger partial charge in [0.25, 0.3) is 11.8 Å². The quantitative estimate of drug-likeness (QED) is 0.523. The third-order valence-electron chi connectivity index (χ3n) is 3.92. The minimum absolute atomic E-state index is 0.118. The van der Waals surface area contributed by atoms with Gasteiger partial charge in [-0.2, -0.15) is 5.10 Å². The van der Waals surface area contributed by atoms with Crippen LogP contribution < -0.4 is 15.5 Å². The summed E-state index contributed by atoms with van der Waals surface area (Å²) in [7, 11) is 0. The van der Waals surface area contributed by atoms with Crippen molar-refractivity contribution in [3.8, 4) is 5.75 Å². The zero-order chi connectivity index (χ0) is 20.5. The van der Waals surface area contributed by atoms with Crippen molar-refractivity contribution in [3.63, 3.8) is 0 Å². The van der Waals surface area contributed by atoms with E-state index >= 15 is 0 Å². The summed E-state index contributed by atoms with van der Waals surface area (Å²) in [5.74, 6) is -0.224. The second-order valence-electron chi connectivity index (χ2n) is 6.41. The van der Waals surface area contributed by atoms with Crippen molar-refractivity contribution in [3.05, 3.63) is 64.7 Å². The number of nitrogens with one attached hydrogen (secondary N) is 2. The van der Waals surface area contributed by atoms with Gasteiger partial charge in [-0.05, 0) is 43.2 Å². The van der Waals surface area contributed by atoms with E-state index < -0.39 is 11.9 Å². The van der Waals surface area contributed by atoms with E-state index in [4.69, 9.17) is 16.3 Å². The molecular weight excluding hydrogens is 378 g/mol. The number of halogens is 1. The molecule has 0 aromatic heterocycles. The zero-order valence-electron chi connectivity index (χ0n) is 16.1. The Bertz CT molecular complexity index is 838. The van der Waals surface area contributed by atoms with Gasteiger partial charge in [-0.15, -0.1) is 0 Å². The van der Waals surface area contributed by atoms with E-state index in [1.165, 1.54) is 6.21 Å². The van der Waals surface area contributed by atoms with Crippen LogP contribution >= 0.6 is 11.6 Å². The van der Waals surface area contributed by atoms with Gasteiger partial charge in [0.05, 0.1) is 12.8 Å². The Morgan fingerprint density at radius 3 is 2.54 bits per heavy atom. The van der Waals surface area contributed by atoms with Crippen LogP contribution in [0.5, 0.6) is 5.75 Å². The average Bonchev–Trinajstić information content (AvgIpc) is 2.68. The van der Waals surface area contributed by atoms with Crippen LogP contribution in [0.25, 0.3) is 0 Å². The highest BCUT2D eigenvalue weighted by Crippen LogP contribution is 2.21. The van der Waals surface area contributed by atoms with Gasteiger partial charge in [-0.3, -0.25) is 9.59 Å². The van der Waals surface area contributed by atoms with Crippen molar-refractivity contribution in [1.29, 1.82) is 0 Å². The topological polar surface area (TPSA) is 79.8 Å². The summed E-state index contributed by atoms with van der Waals surface area (Å²) in [4.78, 5) is 24.9. The first-order valence-electron chi connectivity index (χ1n) is 9.03. The molecule has 28 heavy (non-hydrogen) atoms. The van der Waals surface area contributed by atoms with Crippen molar-refractivity contribution < 1.29 is 14.3 Å². The molecule has 1 unspecified atom stereocenters. The number of hydrogen-bond acceptors (Lipinski definition) is 4. The van der Waals surface area contributed by atoms with Crippen molar-refractivity contribution in [2.24, 2.45) is 11.0 Å². The fourth-order valence-corrected chi connectivity index (χ4v) is 2.67. The average molecular weight is 402 g/mol. The van der Waals surface area contributed by atoms with Crippen LogP contribution in [0.1, 0.15) is 36.7 Å². The summed E-state index contributed by atoms with van der Waals surface area (Å²) in [5.41, 5.74) is 3.61. The van der Waals surface area contributed by atoms with Crippen molar-refractivity contribution in [1.82, 2.24) is 10.7 Å². The first-order chi connectivity index (χ1) is 13.4. The van der Waals surface area contributed by atoms with Gasteiger partial charge < -0.3 is 10.1 Å². The summed E-state index contributed by atoms with van der Waals surface area (Å²) in [6, 6.07) is 13.2. The third-order valence-corrected chi connectivity index (χ3v) is 4.16. The van der Waals surface area contributed by atoms with Gasteiger partial charge in [-0.1, -0.05) is 43.6 Å². The Balaban J connectivity index is 2.06. The molecule has 7 heteroatoms. The maximum Gasteiger partial charge on any atom is 0.262 e. The molecule has 0 heterocycles. The van der Waals surface area contributed by atoms with Gasteiger partial charge in [-0.25, -0.2) is 5.43 Å². The van der Waals surface area contributed by atoms with E-state index in [1.54, 1.807) is 42.5 Å². The van der Waals surface area contributed by atoms with Crippen LogP contribution in [0.2, 0.25) is 5.02 Å². The molecule has 148 valence electrons. The SMILES string of the molecule is CCOc1ccc(Cl)cc1C=NNC(=O)C(NC(=O)c1ccccc1)C(C)C. The molecule has 2 aromatic rings. The molecule has 6 nitrogen and oxygen atoms in total. The first-order valence-corrected chi connectivity index (χ1v) is 9.41. The van der Waals surface area contributed by atoms with E-state index in [-0.39, 0.29) is 11.8 Å². The summed E-state index contributed by atoms with van der Waals surface area (Å²) >= 11 is 6.01. The van der Waals surface area contributed by atoms with Gasteiger partial charge in [0, 0.05) is 16.1 Å². The second-order valence-corrected chi connectivity index (χ2v) is 6.85. The molecule has 2 rings (SSSR count). The Hall–Kier alpha value is -2.86. The fraction of sp³-hybridized carbons (Fsp3) is 0.286. The molecule has 0 saturated carbocycles. The number of rotatable bonds is 8.